The summed E-state index contributed by atoms with van der Waals surface area (Å²) in [4.78, 5) is 12.4. The van der Waals surface area contributed by atoms with Gasteiger partial charge in [-0.3, -0.25) is 4.79 Å². The molecule has 0 spiro atoms. The summed E-state index contributed by atoms with van der Waals surface area (Å²) in [5, 5.41) is 2.88. The summed E-state index contributed by atoms with van der Waals surface area (Å²) in [6, 6.07) is 9.17. The van der Waals surface area contributed by atoms with E-state index in [2.05, 4.69) is 75.7 Å². The Hall–Kier alpha value is -0.120. The second kappa shape index (κ2) is 7.43. The predicted molar refractivity (Wildman–Crippen MR) is 103 cm³/mol. The third-order valence-electron chi connectivity index (χ3n) is 2.66. The summed E-state index contributed by atoms with van der Waals surface area (Å²) in [5.74, 6) is 0.475. The molecule has 0 unspecified atom stereocenters. The van der Waals surface area contributed by atoms with Crippen molar-refractivity contribution in [2.24, 2.45) is 0 Å². The molecular weight excluding hydrogens is 581 g/mol. The molecule has 1 N–H and O–H groups in total. The zero-order valence-corrected chi connectivity index (χ0v) is 17.6. The predicted octanol–water partition coefficient (Wildman–Crippen LogP) is 5.84. The monoisotopic (exact) mass is 587 g/mol. The topological polar surface area (TPSA) is 38.3 Å². The first kappa shape index (κ1) is 17.2. The second-order valence-electron chi connectivity index (χ2n) is 4.04. The smallest absolute Gasteiger partial charge is 0.256 e. The Labute approximate surface area is 161 Å². The van der Waals surface area contributed by atoms with Gasteiger partial charge in [0, 0.05) is 18.6 Å². The van der Waals surface area contributed by atoms with Crippen molar-refractivity contribution in [3.05, 3.63) is 52.9 Å². The van der Waals surface area contributed by atoms with Gasteiger partial charge in [-0.15, -0.1) is 0 Å². The van der Waals surface area contributed by atoms with E-state index < -0.39 is 0 Å². The zero-order chi connectivity index (χ0) is 15.6. The van der Waals surface area contributed by atoms with Crippen LogP contribution < -0.4 is 10.1 Å². The Kier molecular flexibility index (Phi) is 6.10. The molecule has 7 heteroatoms. The van der Waals surface area contributed by atoms with E-state index in [0.29, 0.717) is 17.0 Å². The first-order chi connectivity index (χ1) is 9.92. The van der Waals surface area contributed by atoms with Gasteiger partial charge in [-0.1, -0.05) is 15.9 Å². The normalized spacial score (nSPS) is 10.3. The highest BCUT2D eigenvalue weighted by molar-refractivity contribution is 14.1. The fourth-order valence-corrected chi connectivity index (χ4v) is 3.84. The minimum Gasteiger partial charge on any atom is -0.495 e. The maximum Gasteiger partial charge on any atom is 0.256 e. The van der Waals surface area contributed by atoms with Crippen molar-refractivity contribution >= 4 is 82.0 Å². The lowest BCUT2D eigenvalue weighted by molar-refractivity contribution is 0.102. The van der Waals surface area contributed by atoms with Gasteiger partial charge in [0.15, 0.2) is 0 Å². The van der Waals surface area contributed by atoms with Crippen LogP contribution in [0.25, 0.3) is 0 Å². The van der Waals surface area contributed by atoms with Crippen LogP contribution >= 0.6 is 70.4 Å². The molecule has 0 radical (unpaired) electrons. The number of methoxy groups -OCH3 is 1. The molecule has 1 amide bonds. The van der Waals surface area contributed by atoms with Crippen LogP contribution in [0.1, 0.15) is 10.4 Å². The lowest BCUT2D eigenvalue weighted by Crippen LogP contribution is -2.14. The second-order valence-corrected chi connectivity index (χ2v) is 7.83. The highest BCUT2D eigenvalue weighted by atomic mass is 127. The van der Waals surface area contributed by atoms with Gasteiger partial charge in [0.2, 0.25) is 0 Å². The van der Waals surface area contributed by atoms with Crippen LogP contribution in [-0.4, -0.2) is 13.0 Å². The molecule has 0 aliphatic carbocycles. The van der Waals surface area contributed by atoms with Crippen molar-refractivity contribution in [1.29, 1.82) is 0 Å². The Balaban J connectivity index is 2.33. The number of benzene rings is 2. The fourth-order valence-electron chi connectivity index (χ4n) is 1.64. The standard InChI is InChI=1S/C14H9Br3INO2/c1-21-13-6-12(9(16)5-10(13)17)19-14(20)8-4-7(15)2-3-11(8)18/h2-6H,1H3,(H,19,20). The Morgan fingerprint density at radius 2 is 1.86 bits per heavy atom. The summed E-state index contributed by atoms with van der Waals surface area (Å²) < 4.78 is 8.57. The van der Waals surface area contributed by atoms with Gasteiger partial charge in [0.05, 0.1) is 22.8 Å². The van der Waals surface area contributed by atoms with Crippen molar-refractivity contribution in [2.75, 3.05) is 12.4 Å². The Bertz CT molecular complexity index is 707. The van der Waals surface area contributed by atoms with Crippen LogP contribution in [0.5, 0.6) is 5.75 Å². The van der Waals surface area contributed by atoms with Crippen molar-refractivity contribution in [3.8, 4) is 5.75 Å². The third kappa shape index (κ3) is 4.20. The number of nitrogens with one attached hydrogen (secondary N) is 1. The molecule has 21 heavy (non-hydrogen) atoms. The number of hydrogen-bond donors (Lipinski definition) is 1. The molecule has 3 nitrogen and oxygen atoms in total. The minimum absolute atomic E-state index is 0.175. The molecule has 0 saturated heterocycles. The van der Waals surface area contributed by atoms with E-state index in [0.717, 1.165) is 17.0 Å². The first-order valence-electron chi connectivity index (χ1n) is 5.72. The SMILES string of the molecule is COc1cc(NC(=O)c2cc(Br)ccc2I)c(Br)cc1Br. The summed E-state index contributed by atoms with van der Waals surface area (Å²) in [5.41, 5.74) is 1.26. The first-order valence-corrected chi connectivity index (χ1v) is 9.17. The van der Waals surface area contributed by atoms with E-state index in [9.17, 15) is 4.79 Å². The molecule has 0 heterocycles. The van der Waals surface area contributed by atoms with Crippen LogP contribution in [0.2, 0.25) is 0 Å². The maximum absolute atomic E-state index is 12.4. The molecule has 0 fully saturated rings. The Morgan fingerprint density at radius 3 is 2.52 bits per heavy atom. The van der Waals surface area contributed by atoms with Gasteiger partial charge < -0.3 is 10.1 Å². The lowest BCUT2D eigenvalue weighted by Gasteiger charge is -2.12. The summed E-state index contributed by atoms with van der Waals surface area (Å²) >= 11 is 12.3. The number of rotatable bonds is 3. The number of anilines is 1. The van der Waals surface area contributed by atoms with E-state index in [4.69, 9.17) is 4.74 Å². The molecule has 2 aromatic carbocycles. The van der Waals surface area contributed by atoms with Gasteiger partial charge in [-0.2, -0.15) is 0 Å². The van der Waals surface area contributed by atoms with E-state index in [1.165, 1.54) is 0 Å². The van der Waals surface area contributed by atoms with Crippen molar-refractivity contribution in [2.45, 2.75) is 0 Å². The molecule has 0 atom stereocenters. The largest absolute Gasteiger partial charge is 0.495 e. The lowest BCUT2D eigenvalue weighted by atomic mass is 10.2. The average molecular weight is 590 g/mol. The number of carbonyl (C=O) groups is 1. The minimum atomic E-state index is -0.175. The van der Waals surface area contributed by atoms with Gasteiger partial charge in [0.25, 0.3) is 5.91 Å². The molecule has 0 aromatic heterocycles. The van der Waals surface area contributed by atoms with E-state index in [1.54, 1.807) is 19.2 Å². The molecule has 110 valence electrons. The number of halogens is 4. The summed E-state index contributed by atoms with van der Waals surface area (Å²) in [6.07, 6.45) is 0. The van der Waals surface area contributed by atoms with Crippen molar-refractivity contribution in [1.82, 2.24) is 0 Å². The van der Waals surface area contributed by atoms with Crippen molar-refractivity contribution < 1.29 is 9.53 Å². The summed E-state index contributed by atoms with van der Waals surface area (Å²) in [6.45, 7) is 0. The van der Waals surface area contributed by atoms with Gasteiger partial charge in [-0.25, -0.2) is 0 Å². The van der Waals surface area contributed by atoms with Crippen LogP contribution in [0.15, 0.2) is 43.7 Å². The van der Waals surface area contributed by atoms with Gasteiger partial charge in [0.1, 0.15) is 5.75 Å². The highest BCUT2D eigenvalue weighted by Crippen LogP contribution is 2.35. The fraction of sp³-hybridized carbons (Fsp3) is 0.0714. The van der Waals surface area contributed by atoms with Crippen molar-refractivity contribution in [3.63, 3.8) is 0 Å². The molecule has 0 bridgehead atoms. The number of ether oxygens (including phenoxy) is 1. The van der Waals surface area contributed by atoms with Crippen LogP contribution in [0.3, 0.4) is 0 Å². The average Bonchev–Trinajstić information content (AvgIpc) is 2.44. The highest BCUT2D eigenvalue weighted by Gasteiger charge is 2.14. The molecular formula is C14H9Br3INO2. The zero-order valence-electron chi connectivity index (χ0n) is 10.7. The van der Waals surface area contributed by atoms with E-state index in [1.807, 2.05) is 18.2 Å². The van der Waals surface area contributed by atoms with Gasteiger partial charge >= 0.3 is 0 Å². The van der Waals surface area contributed by atoms with Crippen LogP contribution in [0.4, 0.5) is 5.69 Å². The van der Waals surface area contributed by atoms with Crippen LogP contribution in [0, 0.1) is 3.57 Å². The molecule has 0 aliphatic heterocycles. The van der Waals surface area contributed by atoms with Gasteiger partial charge in [-0.05, 0) is 78.7 Å². The number of amides is 1. The molecule has 2 aromatic rings. The van der Waals surface area contributed by atoms with Crippen LogP contribution in [-0.2, 0) is 0 Å². The quantitative estimate of drug-likeness (QED) is 0.457. The molecule has 0 saturated carbocycles. The maximum atomic E-state index is 12.4. The summed E-state index contributed by atoms with van der Waals surface area (Å²) in [7, 11) is 1.58. The number of carbonyl (C=O) groups excluding carboxylic acids is 1. The molecule has 0 aliphatic rings. The number of hydrogen-bond acceptors (Lipinski definition) is 2. The van der Waals surface area contributed by atoms with E-state index >= 15 is 0 Å². The van der Waals surface area contributed by atoms with E-state index in [-0.39, 0.29) is 5.91 Å². The third-order valence-corrected chi connectivity index (χ3v) is 5.37. The molecule has 2 rings (SSSR count). The Morgan fingerprint density at radius 1 is 1.14 bits per heavy atom.